The Bertz CT molecular complexity index is 1500. The van der Waals surface area contributed by atoms with Crippen LogP contribution >= 0.6 is 18.8 Å². The highest BCUT2D eigenvalue weighted by atomic mass is 32.2. The van der Waals surface area contributed by atoms with E-state index in [2.05, 4.69) is 140 Å². The smallest absolute Gasteiger partial charge is 0.118 e. The number of thioether (sulfide) groups is 1. The molecule has 38 heavy (non-hydrogen) atoms. The summed E-state index contributed by atoms with van der Waals surface area (Å²) in [6.07, 6.45) is 0. The Morgan fingerprint density at radius 3 is 1.71 bits per heavy atom. The highest BCUT2D eigenvalue weighted by Gasteiger charge is 2.24. The fraction of sp³-hybridized carbons (Fsp3) is 0.0588. The summed E-state index contributed by atoms with van der Waals surface area (Å²) in [5.41, 5.74) is 3.38. The van der Waals surface area contributed by atoms with Gasteiger partial charge < -0.3 is 4.74 Å². The van der Waals surface area contributed by atoms with Gasteiger partial charge in [0, 0.05) is 20.4 Å². The van der Waals surface area contributed by atoms with Gasteiger partial charge in [0.25, 0.3) is 0 Å². The molecular formula is C34H30NOPS. The summed E-state index contributed by atoms with van der Waals surface area (Å²) < 4.78 is 11.0. The van der Waals surface area contributed by atoms with Gasteiger partial charge in [0.05, 0.1) is 19.9 Å². The van der Waals surface area contributed by atoms with E-state index in [0.717, 1.165) is 16.3 Å². The monoisotopic (exact) mass is 531 g/mol. The third-order valence-electron chi connectivity index (χ3n) is 6.26. The fourth-order valence-corrected chi connectivity index (χ4v) is 8.82. The summed E-state index contributed by atoms with van der Waals surface area (Å²) in [6, 6.07) is 48.9. The molecule has 0 N–H and O–H groups in total. The molecule has 0 saturated heterocycles. The Balaban J connectivity index is 1.80. The van der Waals surface area contributed by atoms with E-state index in [-0.39, 0.29) is 0 Å². The van der Waals surface area contributed by atoms with Gasteiger partial charge in [-0.2, -0.15) is 0 Å². The lowest BCUT2D eigenvalue weighted by molar-refractivity contribution is 0.414. The van der Waals surface area contributed by atoms with Crippen molar-refractivity contribution in [2.75, 3.05) is 7.11 Å². The van der Waals surface area contributed by atoms with Crippen LogP contribution in [-0.2, 0) is 0 Å². The Kier molecular flexibility index (Phi) is 8.28. The van der Waals surface area contributed by atoms with Gasteiger partial charge in [-0.25, -0.2) is 0 Å². The topological polar surface area (TPSA) is 21.6 Å². The first-order chi connectivity index (χ1) is 18.7. The van der Waals surface area contributed by atoms with E-state index in [1.807, 2.05) is 12.1 Å². The minimum absolute atomic E-state index is 0.851. The molecule has 0 aliphatic carbocycles. The third kappa shape index (κ3) is 6.02. The number of aryl methyl sites for hydroxylation is 1. The average molecular weight is 532 g/mol. The largest absolute Gasteiger partial charge is 0.497 e. The minimum atomic E-state index is -2.39. The molecule has 0 heterocycles. The first-order valence-electron chi connectivity index (χ1n) is 12.6. The highest BCUT2D eigenvalue weighted by Crippen LogP contribution is 2.55. The molecule has 0 unspecified atom stereocenters. The highest BCUT2D eigenvalue weighted by molar-refractivity contribution is 8.09. The van der Waals surface area contributed by atoms with Crippen molar-refractivity contribution in [1.82, 2.24) is 0 Å². The second-order valence-corrected chi connectivity index (χ2v) is 12.9. The molecule has 5 aromatic rings. The number of hydrogen-bond donors (Lipinski definition) is 0. The predicted octanol–water partition coefficient (Wildman–Crippen LogP) is 9.28. The zero-order valence-corrected chi connectivity index (χ0v) is 23.3. The molecule has 0 bridgehead atoms. The molecule has 4 heteroatoms. The van der Waals surface area contributed by atoms with Crippen LogP contribution in [0.5, 0.6) is 5.75 Å². The van der Waals surface area contributed by atoms with Crippen LogP contribution in [0.4, 0.5) is 5.69 Å². The molecule has 0 aliphatic rings. The van der Waals surface area contributed by atoms with E-state index in [1.165, 1.54) is 26.6 Å². The molecular weight excluding hydrogens is 501 g/mol. The molecule has 0 saturated carbocycles. The average Bonchev–Trinajstić information content (AvgIpc) is 2.99. The summed E-state index contributed by atoms with van der Waals surface area (Å²) in [4.78, 5) is 2.32. The Labute approximate surface area is 230 Å². The summed E-state index contributed by atoms with van der Waals surface area (Å²) in [6.45, 7) is 2.11. The molecule has 0 fully saturated rings. The normalized spacial score (nSPS) is 11.7. The lowest BCUT2D eigenvalue weighted by Crippen LogP contribution is -2.14. The van der Waals surface area contributed by atoms with Crippen molar-refractivity contribution in [2.45, 2.75) is 11.8 Å². The standard InChI is InChI=1S/C34H30NOPS/c1-27-18-20-29(21-19-27)35-37(31-14-8-4-9-15-31,32-16-10-5-11-17-32)26-34(28-12-6-3-7-13-28)38-33-24-22-30(36-2)23-25-33/h3-26H,1-2H3/b34-26-. The maximum Gasteiger partial charge on any atom is 0.118 e. The third-order valence-corrected chi connectivity index (χ3v) is 10.9. The van der Waals surface area contributed by atoms with Crippen molar-refractivity contribution in [3.8, 4) is 5.75 Å². The van der Waals surface area contributed by atoms with E-state index in [0.29, 0.717) is 0 Å². The van der Waals surface area contributed by atoms with Crippen LogP contribution in [0, 0.1) is 6.92 Å². The number of benzene rings is 5. The molecule has 5 rings (SSSR count). The van der Waals surface area contributed by atoms with Crippen molar-refractivity contribution in [1.29, 1.82) is 0 Å². The van der Waals surface area contributed by atoms with Gasteiger partial charge in [0.15, 0.2) is 0 Å². The Morgan fingerprint density at radius 2 is 1.18 bits per heavy atom. The van der Waals surface area contributed by atoms with E-state index in [4.69, 9.17) is 9.48 Å². The van der Waals surface area contributed by atoms with E-state index in [1.54, 1.807) is 18.9 Å². The summed E-state index contributed by atoms with van der Waals surface area (Å²) >= 11 is 1.76. The maximum absolute atomic E-state index is 5.61. The van der Waals surface area contributed by atoms with Crippen LogP contribution < -0.4 is 15.3 Å². The van der Waals surface area contributed by atoms with Crippen LogP contribution in [0.2, 0.25) is 0 Å². The van der Waals surface area contributed by atoms with Crippen molar-refractivity contribution in [3.05, 3.63) is 156 Å². The van der Waals surface area contributed by atoms with Gasteiger partial charge in [0.1, 0.15) is 5.75 Å². The van der Waals surface area contributed by atoms with Crippen LogP contribution in [0.1, 0.15) is 11.1 Å². The van der Waals surface area contributed by atoms with Gasteiger partial charge in [-0.3, -0.25) is 4.74 Å². The first-order valence-corrected chi connectivity index (χ1v) is 15.2. The zero-order chi connectivity index (χ0) is 26.2. The molecule has 5 aromatic carbocycles. The van der Waals surface area contributed by atoms with Gasteiger partial charge >= 0.3 is 0 Å². The van der Waals surface area contributed by atoms with E-state index >= 15 is 0 Å². The molecule has 0 radical (unpaired) electrons. The number of methoxy groups -OCH3 is 1. The molecule has 0 aromatic heterocycles. The quantitative estimate of drug-likeness (QED) is 0.147. The fourth-order valence-electron chi connectivity index (χ4n) is 4.25. The van der Waals surface area contributed by atoms with Crippen molar-refractivity contribution in [2.24, 2.45) is 4.74 Å². The lowest BCUT2D eigenvalue weighted by atomic mass is 10.2. The SMILES string of the molecule is COc1ccc(S/C(=C\P(=Nc2ccc(C)cc2)(c2ccccc2)c2ccccc2)c2ccccc2)cc1. The molecule has 188 valence electrons. The van der Waals surface area contributed by atoms with Gasteiger partial charge in [-0.1, -0.05) is 120 Å². The summed E-state index contributed by atoms with van der Waals surface area (Å²) in [5.74, 6) is 3.28. The zero-order valence-electron chi connectivity index (χ0n) is 21.6. The number of ether oxygens (including phenoxy) is 1. The summed E-state index contributed by atoms with van der Waals surface area (Å²) in [5, 5.41) is 2.44. The predicted molar refractivity (Wildman–Crippen MR) is 166 cm³/mol. The second-order valence-electron chi connectivity index (χ2n) is 8.93. The first kappa shape index (κ1) is 25.9. The van der Waals surface area contributed by atoms with Crippen LogP contribution in [-0.4, -0.2) is 7.11 Å². The molecule has 0 spiro atoms. The lowest BCUT2D eigenvalue weighted by Gasteiger charge is -2.25. The van der Waals surface area contributed by atoms with Crippen LogP contribution in [0.3, 0.4) is 0 Å². The second kappa shape index (κ2) is 12.2. The van der Waals surface area contributed by atoms with Gasteiger partial charge in [0.2, 0.25) is 0 Å². The van der Waals surface area contributed by atoms with Gasteiger partial charge in [-0.05, 0) is 54.7 Å². The number of nitrogens with zero attached hydrogens (tertiary/aromatic N) is 1. The van der Waals surface area contributed by atoms with Crippen molar-refractivity contribution < 1.29 is 4.74 Å². The van der Waals surface area contributed by atoms with Crippen LogP contribution in [0.15, 0.2) is 155 Å². The van der Waals surface area contributed by atoms with E-state index < -0.39 is 7.05 Å². The molecule has 0 atom stereocenters. The van der Waals surface area contributed by atoms with Crippen molar-refractivity contribution in [3.63, 3.8) is 0 Å². The maximum atomic E-state index is 5.61. The Hall–Kier alpha value is -3.78. The number of rotatable bonds is 8. The number of hydrogen-bond acceptors (Lipinski definition) is 3. The molecule has 0 amide bonds. The van der Waals surface area contributed by atoms with Crippen molar-refractivity contribution >= 4 is 40.0 Å². The molecule has 0 aliphatic heterocycles. The van der Waals surface area contributed by atoms with E-state index in [9.17, 15) is 0 Å². The van der Waals surface area contributed by atoms with Crippen LogP contribution in [0.25, 0.3) is 4.91 Å². The molecule has 2 nitrogen and oxygen atoms in total. The minimum Gasteiger partial charge on any atom is -0.497 e. The van der Waals surface area contributed by atoms with Gasteiger partial charge in [-0.15, -0.1) is 0 Å². The Morgan fingerprint density at radius 1 is 0.658 bits per heavy atom. The summed E-state index contributed by atoms with van der Waals surface area (Å²) in [7, 11) is -0.697.